The average molecular weight is 488 g/mol. The van der Waals surface area contributed by atoms with Crippen LogP contribution in [0.25, 0.3) is 16.8 Å². The second kappa shape index (κ2) is 10.2. The van der Waals surface area contributed by atoms with E-state index in [2.05, 4.69) is 99.9 Å². The fourth-order valence-electron chi connectivity index (χ4n) is 3.82. The lowest BCUT2D eigenvalue weighted by atomic mass is 9.90. The zero-order valence-corrected chi connectivity index (χ0v) is 21.4. The molecule has 4 rings (SSSR count). The third-order valence-corrected chi connectivity index (χ3v) is 6.08. The molecule has 7 nitrogen and oxygen atoms in total. The van der Waals surface area contributed by atoms with Crippen molar-refractivity contribution in [2.75, 3.05) is 17.7 Å². The number of nitrogens with zero attached hydrogens (tertiary/aromatic N) is 3. The molecule has 0 unspecified atom stereocenters. The summed E-state index contributed by atoms with van der Waals surface area (Å²) in [6, 6.07) is 14.7. The van der Waals surface area contributed by atoms with Crippen LogP contribution < -0.4 is 16.0 Å². The Labute approximate surface area is 211 Å². The van der Waals surface area contributed by atoms with E-state index in [1.54, 1.807) is 6.20 Å². The molecule has 8 heteroatoms. The first-order valence-corrected chi connectivity index (χ1v) is 11.8. The minimum Gasteiger partial charge on any atom is -0.388 e. The van der Waals surface area contributed by atoms with Gasteiger partial charge < -0.3 is 16.0 Å². The van der Waals surface area contributed by atoms with Gasteiger partial charge in [0.1, 0.15) is 5.02 Å². The van der Waals surface area contributed by atoms with Crippen molar-refractivity contribution in [1.82, 2.24) is 25.5 Å². The molecular weight excluding hydrogens is 458 g/mol. The third-order valence-electron chi connectivity index (χ3n) is 5.81. The number of hydrogen-bond acceptors (Lipinski definition) is 6. The van der Waals surface area contributed by atoms with Gasteiger partial charge in [-0.1, -0.05) is 56.3 Å². The predicted molar refractivity (Wildman–Crippen MR) is 146 cm³/mol. The normalized spacial score (nSPS) is 10.9. The van der Waals surface area contributed by atoms with Crippen LogP contribution in [0.3, 0.4) is 0 Å². The molecule has 0 aliphatic carbocycles. The Balaban J connectivity index is 1.64. The summed E-state index contributed by atoms with van der Waals surface area (Å²) in [6.07, 6.45) is 1.58. The summed E-state index contributed by atoms with van der Waals surface area (Å²) in [7, 11) is 1.88. The van der Waals surface area contributed by atoms with Gasteiger partial charge in [0.2, 0.25) is 5.95 Å². The fourth-order valence-corrected chi connectivity index (χ4v) is 3.96. The Bertz CT molecular complexity index is 1360. The predicted octanol–water partition coefficient (Wildman–Crippen LogP) is 6.94. The van der Waals surface area contributed by atoms with Crippen molar-refractivity contribution in [1.29, 1.82) is 0 Å². The molecule has 2 aromatic heterocycles. The van der Waals surface area contributed by atoms with Crippen LogP contribution in [0.1, 0.15) is 42.1 Å². The fraction of sp³-hybridized carbons (Fsp3) is 0.222. The Morgan fingerprint density at radius 3 is 2.43 bits per heavy atom. The molecule has 0 radical (unpaired) electrons. The molecular formula is C27H30ClN7. The smallest absolute Gasteiger partial charge is 0.229 e. The number of hydrogen-bond donors (Lipinski definition) is 4. The molecule has 0 amide bonds. The van der Waals surface area contributed by atoms with E-state index >= 15 is 0 Å². The minimum absolute atomic E-state index is 0.323. The van der Waals surface area contributed by atoms with Crippen molar-refractivity contribution in [3.63, 3.8) is 0 Å². The standard InChI is InChI=1S/C27H30ClN7/c1-15(2)21-13-24(16(3)11-22(21)20-9-7-19(8-10-20)18(5)29-6)31-27-30-14-23(28)26(33-27)32-25-12-17(4)34-35-25/h7-15,29H,5H2,1-4,6H3,(H3,30,31,32,33,34,35). The van der Waals surface area contributed by atoms with Crippen molar-refractivity contribution < 1.29 is 0 Å². The molecule has 2 aromatic carbocycles. The highest BCUT2D eigenvalue weighted by Gasteiger charge is 2.15. The molecule has 0 fully saturated rings. The van der Waals surface area contributed by atoms with E-state index in [4.69, 9.17) is 11.6 Å². The summed E-state index contributed by atoms with van der Waals surface area (Å²) in [5, 5.41) is 17.1. The third kappa shape index (κ3) is 5.46. The highest BCUT2D eigenvalue weighted by molar-refractivity contribution is 6.32. The summed E-state index contributed by atoms with van der Waals surface area (Å²) < 4.78 is 0. The van der Waals surface area contributed by atoms with Gasteiger partial charge in [0.25, 0.3) is 0 Å². The topological polar surface area (TPSA) is 90.6 Å². The van der Waals surface area contributed by atoms with Crippen LogP contribution in [0.15, 0.2) is 55.2 Å². The minimum atomic E-state index is 0.323. The van der Waals surface area contributed by atoms with E-state index in [0.29, 0.717) is 28.5 Å². The van der Waals surface area contributed by atoms with Crippen molar-refractivity contribution in [3.05, 3.63) is 82.6 Å². The Morgan fingerprint density at radius 1 is 1.06 bits per heavy atom. The molecule has 0 atom stereocenters. The second-order valence-corrected chi connectivity index (χ2v) is 9.20. The van der Waals surface area contributed by atoms with E-state index in [-0.39, 0.29) is 0 Å². The molecule has 35 heavy (non-hydrogen) atoms. The van der Waals surface area contributed by atoms with Crippen LogP contribution in [0, 0.1) is 13.8 Å². The first-order chi connectivity index (χ1) is 16.7. The Hall–Kier alpha value is -3.84. The van der Waals surface area contributed by atoms with Gasteiger partial charge in [0.15, 0.2) is 11.6 Å². The van der Waals surface area contributed by atoms with Crippen LogP contribution in [0.5, 0.6) is 0 Å². The maximum absolute atomic E-state index is 6.32. The van der Waals surface area contributed by atoms with E-state index in [1.165, 1.54) is 16.7 Å². The van der Waals surface area contributed by atoms with E-state index in [1.807, 2.05) is 20.0 Å². The van der Waals surface area contributed by atoms with Gasteiger partial charge in [-0.25, -0.2) is 4.98 Å². The number of nitrogens with one attached hydrogen (secondary N) is 4. The zero-order chi connectivity index (χ0) is 25.1. The molecule has 0 aliphatic heterocycles. The van der Waals surface area contributed by atoms with Crippen LogP contribution in [-0.4, -0.2) is 27.2 Å². The highest BCUT2D eigenvalue weighted by Crippen LogP contribution is 2.35. The maximum Gasteiger partial charge on any atom is 0.229 e. The van der Waals surface area contributed by atoms with E-state index < -0.39 is 0 Å². The zero-order valence-electron chi connectivity index (χ0n) is 20.6. The lowest BCUT2D eigenvalue weighted by Crippen LogP contribution is -2.04. The summed E-state index contributed by atoms with van der Waals surface area (Å²) in [5.41, 5.74) is 8.55. The van der Waals surface area contributed by atoms with Gasteiger partial charge in [-0.2, -0.15) is 10.1 Å². The monoisotopic (exact) mass is 487 g/mol. The highest BCUT2D eigenvalue weighted by atomic mass is 35.5. The number of aromatic nitrogens is 4. The van der Waals surface area contributed by atoms with Gasteiger partial charge in [-0.3, -0.25) is 5.10 Å². The van der Waals surface area contributed by atoms with Crippen LogP contribution >= 0.6 is 11.6 Å². The van der Waals surface area contributed by atoms with Crippen LogP contribution in [-0.2, 0) is 0 Å². The van der Waals surface area contributed by atoms with Gasteiger partial charge in [0.05, 0.1) is 6.20 Å². The number of aromatic amines is 1. The van der Waals surface area contributed by atoms with Crippen molar-refractivity contribution in [3.8, 4) is 11.1 Å². The van der Waals surface area contributed by atoms with Crippen LogP contribution in [0.2, 0.25) is 5.02 Å². The molecule has 2 heterocycles. The molecule has 180 valence electrons. The Kier molecular flexibility index (Phi) is 7.07. The summed E-state index contributed by atoms with van der Waals surface area (Å²) in [5.74, 6) is 1.90. The SMILES string of the molecule is C=C(NC)c1ccc(-c2cc(C)c(Nc3ncc(Cl)c(Nc4cc(C)[nH]n4)n3)cc2C(C)C)cc1. The van der Waals surface area contributed by atoms with E-state index in [0.717, 1.165) is 28.2 Å². The van der Waals surface area contributed by atoms with Crippen molar-refractivity contribution in [2.45, 2.75) is 33.6 Å². The molecule has 0 saturated carbocycles. The summed E-state index contributed by atoms with van der Waals surface area (Å²) in [6.45, 7) is 12.4. The lowest BCUT2D eigenvalue weighted by Gasteiger charge is -2.19. The van der Waals surface area contributed by atoms with Gasteiger partial charge >= 0.3 is 0 Å². The number of anilines is 4. The van der Waals surface area contributed by atoms with Gasteiger partial charge in [-0.15, -0.1) is 0 Å². The molecule has 4 N–H and O–H groups in total. The molecule has 0 aliphatic rings. The first-order valence-electron chi connectivity index (χ1n) is 11.5. The number of aryl methyl sites for hydroxylation is 2. The van der Waals surface area contributed by atoms with E-state index in [9.17, 15) is 0 Å². The molecule has 0 spiro atoms. The number of benzene rings is 2. The second-order valence-electron chi connectivity index (χ2n) is 8.79. The maximum atomic E-state index is 6.32. The van der Waals surface area contributed by atoms with Gasteiger partial charge in [0, 0.05) is 30.2 Å². The molecule has 4 aromatic rings. The first kappa shape index (κ1) is 24.3. The largest absolute Gasteiger partial charge is 0.388 e. The number of rotatable bonds is 8. The van der Waals surface area contributed by atoms with Crippen LogP contribution in [0.4, 0.5) is 23.3 Å². The Morgan fingerprint density at radius 2 is 1.80 bits per heavy atom. The lowest BCUT2D eigenvalue weighted by molar-refractivity contribution is 0.868. The quantitative estimate of drug-likeness (QED) is 0.215. The van der Waals surface area contributed by atoms with Gasteiger partial charge in [-0.05, 0) is 59.7 Å². The number of halogens is 1. The summed E-state index contributed by atoms with van der Waals surface area (Å²) in [4.78, 5) is 8.94. The van der Waals surface area contributed by atoms with Crippen molar-refractivity contribution in [2.24, 2.45) is 0 Å². The molecule has 0 bridgehead atoms. The van der Waals surface area contributed by atoms with Crippen molar-refractivity contribution >= 4 is 40.6 Å². The average Bonchev–Trinajstić information content (AvgIpc) is 3.26. The number of H-pyrrole nitrogens is 1. The molecule has 0 saturated heterocycles. The summed E-state index contributed by atoms with van der Waals surface area (Å²) >= 11 is 6.32.